The van der Waals surface area contributed by atoms with Crippen LogP contribution in [0.1, 0.15) is 27.2 Å². The molecule has 1 aliphatic rings. The Labute approximate surface area is 75.1 Å². The molecule has 1 nitrogen and oxygen atoms in total. The predicted molar refractivity (Wildman–Crippen MR) is 52.1 cm³/mol. The second-order valence-electron chi connectivity index (χ2n) is 4.29. The largest absolute Gasteiger partial charge is 0.369 e. The molecule has 0 aromatic rings. The van der Waals surface area contributed by atoms with Crippen molar-refractivity contribution in [3.8, 4) is 0 Å². The summed E-state index contributed by atoms with van der Waals surface area (Å²) < 4.78 is 5.57. The van der Waals surface area contributed by atoms with E-state index in [0.29, 0.717) is 0 Å². The number of ether oxygens (including phenoxy) is 1. The van der Waals surface area contributed by atoms with Crippen molar-refractivity contribution in [3.05, 3.63) is 24.3 Å². The van der Waals surface area contributed by atoms with Crippen LogP contribution in [-0.2, 0) is 4.74 Å². The fraction of sp³-hybridized carbons (Fsp3) is 0.636. The summed E-state index contributed by atoms with van der Waals surface area (Å²) in [7, 11) is 1.77. The highest BCUT2D eigenvalue weighted by Crippen LogP contribution is 2.37. The van der Waals surface area contributed by atoms with Crippen molar-refractivity contribution in [3.63, 3.8) is 0 Å². The molecular weight excluding hydrogens is 148 g/mol. The van der Waals surface area contributed by atoms with Crippen LogP contribution < -0.4 is 0 Å². The van der Waals surface area contributed by atoms with Gasteiger partial charge in [0.2, 0.25) is 0 Å². The molecule has 0 unspecified atom stereocenters. The summed E-state index contributed by atoms with van der Waals surface area (Å²) in [6.07, 6.45) is 9.67. The summed E-state index contributed by atoms with van der Waals surface area (Å²) in [5.74, 6) is 0. The lowest BCUT2D eigenvalue weighted by Crippen LogP contribution is -2.41. The molecule has 0 atom stereocenters. The highest BCUT2D eigenvalue weighted by molar-refractivity contribution is 5.24. The van der Waals surface area contributed by atoms with Crippen molar-refractivity contribution in [2.45, 2.75) is 32.8 Å². The van der Waals surface area contributed by atoms with Gasteiger partial charge in [-0.3, -0.25) is 0 Å². The zero-order chi connectivity index (χ0) is 9.24. The van der Waals surface area contributed by atoms with Crippen molar-refractivity contribution >= 4 is 0 Å². The van der Waals surface area contributed by atoms with E-state index in [1.54, 1.807) is 7.11 Å². The number of hydrogen-bond donors (Lipinski definition) is 0. The van der Waals surface area contributed by atoms with Gasteiger partial charge in [0.05, 0.1) is 0 Å². The molecule has 1 rings (SSSR count). The van der Waals surface area contributed by atoms with Crippen molar-refractivity contribution in [2.24, 2.45) is 5.41 Å². The van der Waals surface area contributed by atoms with Gasteiger partial charge in [-0.2, -0.15) is 0 Å². The van der Waals surface area contributed by atoms with Crippen molar-refractivity contribution in [1.82, 2.24) is 0 Å². The molecule has 0 fully saturated rings. The van der Waals surface area contributed by atoms with Gasteiger partial charge >= 0.3 is 0 Å². The van der Waals surface area contributed by atoms with Gasteiger partial charge in [0.1, 0.15) is 5.60 Å². The first kappa shape index (κ1) is 9.53. The molecule has 0 saturated carbocycles. The summed E-state index contributed by atoms with van der Waals surface area (Å²) in [6.45, 7) is 6.57. The van der Waals surface area contributed by atoms with Crippen LogP contribution in [0.15, 0.2) is 24.3 Å². The third-order valence-electron chi connectivity index (χ3n) is 2.51. The number of hydrogen-bond acceptors (Lipinski definition) is 1. The molecule has 0 radical (unpaired) electrons. The molecule has 0 aromatic heterocycles. The molecule has 1 heteroatoms. The van der Waals surface area contributed by atoms with E-state index >= 15 is 0 Å². The Morgan fingerprint density at radius 1 is 1.17 bits per heavy atom. The van der Waals surface area contributed by atoms with Crippen LogP contribution >= 0.6 is 0 Å². The first-order valence-electron chi connectivity index (χ1n) is 4.42. The first-order valence-corrected chi connectivity index (χ1v) is 4.42. The molecule has 0 spiro atoms. The smallest absolute Gasteiger partial charge is 0.109 e. The van der Waals surface area contributed by atoms with Gasteiger partial charge in [-0.1, -0.05) is 45.1 Å². The minimum Gasteiger partial charge on any atom is -0.369 e. The van der Waals surface area contributed by atoms with Crippen LogP contribution in [0.5, 0.6) is 0 Å². The zero-order valence-electron chi connectivity index (χ0n) is 8.42. The van der Waals surface area contributed by atoms with Crippen molar-refractivity contribution in [2.75, 3.05) is 7.11 Å². The van der Waals surface area contributed by atoms with E-state index in [2.05, 4.69) is 45.1 Å². The number of allylic oxidation sites excluding steroid dienone is 2. The maximum atomic E-state index is 5.57. The third-order valence-corrected chi connectivity index (χ3v) is 2.51. The van der Waals surface area contributed by atoms with Crippen LogP contribution in [-0.4, -0.2) is 12.7 Å². The predicted octanol–water partition coefficient (Wildman–Crippen LogP) is 2.93. The first-order chi connectivity index (χ1) is 5.52. The lowest BCUT2D eigenvalue weighted by Gasteiger charge is -2.40. The van der Waals surface area contributed by atoms with Crippen LogP contribution in [0.25, 0.3) is 0 Å². The topological polar surface area (TPSA) is 9.23 Å². The second kappa shape index (κ2) is 3.06. The lowest BCUT2D eigenvalue weighted by atomic mass is 9.74. The lowest BCUT2D eigenvalue weighted by molar-refractivity contribution is -0.0143. The summed E-state index contributed by atoms with van der Waals surface area (Å²) in [5, 5.41) is 0. The Balaban J connectivity index is 2.97. The van der Waals surface area contributed by atoms with Gasteiger partial charge in [-0.05, 0) is 11.8 Å². The van der Waals surface area contributed by atoms with Crippen LogP contribution in [0.2, 0.25) is 0 Å². The van der Waals surface area contributed by atoms with Gasteiger partial charge in [0, 0.05) is 7.11 Å². The molecule has 0 N–H and O–H groups in total. The molecule has 0 heterocycles. The van der Waals surface area contributed by atoms with Gasteiger partial charge in [0.15, 0.2) is 0 Å². The third kappa shape index (κ3) is 1.46. The molecule has 12 heavy (non-hydrogen) atoms. The molecule has 0 amide bonds. The van der Waals surface area contributed by atoms with Crippen molar-refractivity contribution < 1.29 is 4.74 Å². The second-order valence-corrected chi connectivity index (χ2v) is 4.29. The number of rotatable bonds is 1. The normalized spacial score (nSPS) is 21.3. The molecular formula is C11H18O. The van der Waals surface area contributed by atoms with E-state index in [1.165, 1.54) is 0 Å². The number of methoxy groups -OCH3 is 1. The summed E-state index contributed by atoms with van der Waals surface area (Å²) in [6, 6.07) is 0. The molecule has 68 valence electrons. The Bertz CT molecular complexity index is 194. The highest BCUT2D eigenvalue weighted by atomic mass is 16.5. The highest BCUT2D eigenvalue weighted by Gasteiger charge is 2.38. The Morgan fingerprint density at radius 2 is 1.67 bits per heavy atom. The Hall–Kier alpha value is -0.560. The summed E-state index contributed by atoms with van der Waals surface area (Å²) in [5.41, 5.74) is -0.0829. The molecule has 0 saturated heterocycles. The van der Waals surface area contributed by atoms with E-state index in [0.717, 1.165) is 6.42 Å². The zero-order valence-corrected chi connectivity index (χ0v) is 8.42. The van der Waals surface area contributed by atoms with Gasteiger partial charge in [-0.25, -0.2) is 0 Å². The van der Waals surface area contributed by atoms with E-state index in [1.807, 2.05) is 0 Å². The van der Waals surface area contributed by atoms with Crippen LogP contribution in [0, 0.1) is 5.41 Å². The van der Waals surface area contributed by atoms with Gasteiger partial charge in [0.25, 0.3) is 0 Å². The SMILES string of the molecule is COC1(C(C)(C)C)C=CCC=C1. The maximum absolute atomic E-state index is 5.57. The minimum absolute atomic E-state index is 0.120. The Morgan fingerprint density at radius 3 is 1.92 bits per heavy atom. The monoisotopic (exact) mass is 166 g/mol. The van der Waals surface area contributed by atoms with E-state index < -0.39 is 0 Å². The minimum atomic E-state index is -0.203. The van der Waals surface area contributed by atoms with Crippen molar-refractivity contribution in [1.29, 1.82) is 0 Å². The molecule has 1 aliphatic carbocycles. The quantitative estimate of drug-likeness (QED) is 0.544. The Kier molecular flexibility index (Phi) is 2.43. The van der Waals surface area contributed by atoms with Gasteiger partial charge < -0.3 is 4.74 Å². The van der Waals surface area contributed by atoms with E-state index in [-0.39, 0.29) is 11.0 Å². The summed E-state index contributed by atoms with van der Waals surface area (Å²) in [4.78, 5) is 0. The standard InChI is InChI=1S/C11H18O/c1-10(2,3)11(12-4)8-6-5-7-9-11/h6-9H,5H2,1-4H3. The van der Waals surface area contributed by atoms with E-state index in [9.17, 15) is 0 Å². The molecule has 0 bridgehead atoms. The fourth-order valence-corrected chi connectivity index (χ4v) is 1.56. The van der Waals surface area contributed by atoms with Gasteiger partial charge in [-0.15, -0.1) is 0 Å². The summed E-state index contributed by atoms with van der Waals surface area (Å²) >= 11 is 0. The van der Waals surface area contributed by atoms with Crippen LogP contribution in [0.3, 0.4) is 0 Å². The molecule has 0 aliphatic heterocycles. The molecule has 0 aromatic carbocycles. The average molecular weight is 166 g/mol. The van der Waals surface area contributed by atoms with E-state index in [4.69, 9.17) is 4.74 Å². The maximum Gasteiger partial charge on any atom is 0.109 e. The average Bonchev–Trinajstić information content (AvgIpc) is 2.04. The van der Waals surface area contributed by atoms with Crippen LogP contribution in [0.4, 0.5) is 0 Å². The fourth-order valence-electron chi connectivity index (χ4n) is 1.56.